The number of likely N-dealkylation sites (N-methyl/N-ethyl adjacent to an activating group) is 1. The van der Waals surface area contributed by atoms with E-state index in [0.29, 0.717) is 6.54 Å². The van der Waals surface area contributed by atoms with Crippen molar-refractivity contribution in [3.63, 3.8) is 0 Å². The molecule has 1 aliphatic heterocycles. The van der Waals surface area contributed by atoms with E-state index < -0.39 is 0 Å². The molecule has 1 aromatic rings. The Hall–Kier alpha value is -1.03. The quantitative estimate of drug-likeness (QED) is 0.766. The minimum Gasteiger partial charge on any atom is -0.371 e. The zero-order valence-electron chi connectivity index (χ0n) is 8.61. The van der Waals surface area contributed by atoms with Gasteiger partial charge in [0.05, 0.1) is 17.9 Å². The molecule has 0 aromatic heterocycles. The largest absolute Gasteiger partial charge is 0.371 e. The van der Waals surface area contributed by atoms with E-state index in [4.69, 9.17) is 0 Å². The maximum absolute atomic E-state index is 10.6. The van der Waals surface area contributed by atoms with Gasteiger partial charge >= 0.3 is 0 Å². The second-order valence-corrected chi connectivity index (χ2v) is 4.58. The number of halogens is 1. The molecule has 80 valence electrons. The van der Waals surface area contributed by atoms with Crippen LogP contribution in [0.4, 0.5) is 11.4 Å². The van der Waals surface area contributed by atoms with Crippen molar-refractivity contribution < 1.29 is 4.79 Å². The Kier molecular flexibility index (Phi) is 2.95. The predicted molar refractivity (Wildman–Crippen MR) is 65.7 cm³/mol. The lowest BCUT2D eigenvalue weighted by Crippen LogP contribution is -2.40. The number of hydrogen-bond acceptors (Lipinski definition) is 3. The maximum Gasteiger partial charge on any atom is 0.139 e. The molecule has 0 radical (unpaired) electrons. The van der Waals surface area contributed by atoms with Crippen LogP contribution in [0.5, 0.6) is 0 Å². The van der Waals surface area contributed by atoms with Gasteiger partial charge in [-0.25, -0.2) is 0 Å². The second kappa shape index (κ2) is 4.23. The number of fused-ring (bicyclic) bond motifs is 1. The number of hydrogen-bond donors (Lipinski definition) is 0. The van der Waals surface area contributed by atoms with Crippen molar-refractivity contribution in [1.29, 1.82) is 0 Å². The Labute approximate surface area is 97.8 Å². The van der Waals surface area contributed by atoms with Crippen LogP contribution in [0.2, 0.25) is 0 Å². The Bertz CT molecular complexity index is 381. The smallest absolute Gasteiger partial charge is 0.139 e. The minimum absolute atomic E-state index is 0.470. The predicted octanol–water partition coefficient (Wildman–Crippen LogP) is 1.90. The summed E-state index contributed by atoms with van der Waals surface area (Å²) in [5.74, 6) is 0. The molecule has 15 heavy (non-hydrogen) atoms. The van der Waals surface area contributed by atoms with Crippen molar-refractivity contribution in [1.82, 2.24) is 0 Å². The van der Waals surface area contributed by atoms with Crippen molar-refractivity contribution in [2.75, 3.05) is 36.5 Å². The van der Waals surface area contributed by atoms with Crippen molar-refractivity contribution >= 4 is 33.6 Å². The SMILES string of the molecule is CN1CCN(CC=O)c2cc(Br)ccc21. The van der Waals surface area contributed by atoms with Gasteiger partial charge in [-0.2, -0.15) is 0 Å². The zero-order chi connectivity index (χ0) is 10.8. The van der Waals surface area contributed by atoms with Gasteiger partial charge in [0.2, 0.25) is 0 Å². The summed E-state index contributed by atoms with van der Waals surface area (Å²) < 4.78 is 1.05. The van der Waals surface area contributed by atoms with Crippen LogP contribution in [-0.2, 0) is 4.79 Å². The van der Waals surface area contributed by atoms with E-state index in [0.717, 1.165) is 29.5 Å². The molecule has 0 fully saturated rings. The van der Waals surface area contributed by atoms with Crippen LogP contribution in [0.3, 0.4) is 0 Å². The van der Waals surface area contributed by atoms with E-state index in [1.54, 1.807) is 0 Å². The second-order valence-electron chi connectivity index (χ2n) is 3.67. The zero-order valence-corrected chi connectivity index (χ0v) is 10.2. The Morgan fingerprint density at radius 1 is 1.40 bits per heavy atom. The molecule has 1 heterocycles. The van der Waals surface area contributed by atoms with Crippen LogP contribution >= 0.6 is 15.9 Å². The Morgan fingerprint density at radius 2 is 2.20 bits per heavy atom. The van der Waals surface area contributed by atoms with Gasteiger partial charge in [0.1, 0.15) is 6.29 Å². The first-order valence-electron chi connectivity index (χ1n) is 4.91. The molecule has 1 aromatic carbocycles. The van der Waals surface area contributed by atoms with Crippen LogP contribution < -0.4 is 9.80 Å². The van der Waals surface area contributed by atoms with Crippen molar-refractivity contribution in [3.8, 4) is 0 Å². The summed E-state index contributed by atoms with van der Waals surface area (Å²) in [5.41, 5.74) is 2.32. The lowest BCUT2D eigenvalue weighted by Gasteiger charge is -2.36. The fourth-order valence-electron chi connectivity index (χ4n) is 1.86. The minimum atomic E-state index is 0.470. The highest BCUT2D eigenvalue weighted by molar-refractivity contribution is 9.10. The standard InChI is InChI=1S/C11H13BrN2O/c1-13-4-5-14(6-7-15)11-8-9(12)2-3-10(11)13/h2-3,7-8H,4-6H2,1H3. The average molecular weight is 269 g/mol. The van der Waals surface area contributed by atoms with Gasteiger partial charge in [-0.3, -0.25) is 0 Å². The topological polar surface area (TPSA) is 23.6 Å². The van der Waals surface area contributed by atoms with Gasteiger partial charge in [-0.1, -0.05) is 15.9 Å². The van der Waals surface area contributed by atoms with Crippen LogP contribution in [-0.4, -0.2) is 33.0 Å². The molecule has 0 unspecified atom stereocenters. The van der Waals surface area contributed by atoms with Gasteiger partial charge in [0.25, 0.3) is 0 Å². The normalized spacial score (nSPS) is 15.1. The third-order valence-electron chi connectivity index (χ3n) is 2.69. The molecular weight excluding hydrogens is 256 g/mol. The molecule has 0 spiro atoms. The van der Waals surface area contributed by atoms with Gasteiger partial charge in [0.15, 0.2) is 0 Å². The van der Waals surface area contributed by atoms with Crippen molar-refractivity contribution in [2.45, 2.75) is 0 Å². The van der Waals surface area contributed by atoms with Crippen molar-refractivity contribution in [3.05, 3.63) is 22.7 Å². The summed E-state index contributed by atoms with van der Waals surface area (Å²) in [5, 5.41) is 0. The van der Waals surface area contributed by atoms with E-state index in [2.05, 4.69) is 44.9 Å². The Balaban J connectivity index is 2.41. The molecule has 0 saturated heterocycles. The fourth-order valence-corrected chi connectivity index (χ4v) is 2.21. The first-order chi connectivity index (χ1) is 7.22. The van der Waals surface area contributed by atoms with Gasteiger partial charge in [0, 0.05) is 24.6 Å². The van der Waals surface area contributed by atoms with Crippen LogP contribution in [0.25, 0.3) is 0 Å². The molecule has 1 aliphatic rings. The number of nitrogens with zero attached hydrogens (tertiary/aromatic N) is 2. The molecule has 0 bridgehead atoms. The molecular formula is C11H13BrN2O. The first kappa shape index (κ1) is 10.5. The molecule has 2 rings (SSSR count). The summed E-state index contributed by atoms with van der Waals surface area (Å²) >= 11 is 3.46. The third-order valence-corrected chi connectivity index (χ3v) is 3.18. The van der Waals surface area contributed by atoms with Gasteiger partial charge in [-0.05, 0) is 18.2 Å². The lowest BCUT2D eigenvalue weighted by molar-refractivity contribution is -0.106. The van der Waals surface area contributed by atoms with Crippen LogP contribution in [0.1, 0.15) is 0 Å². The third kappa shape index (κ3) is 2.00. The molecule has 0 atom stereocenters. The molecule has 3 nitrogen and oxygen atoms in total. The van der Waals surface area contributed by atoms with E-state index in [-0.39, 0.29) is 0 Å². The van der Waals surface area contributed by atoms with Gasteiger partial charge < -0.3 is 14.6 Å². The maximum atomic E-state index is 10.6. The first-order valence-corrected chi connectivity index (χ1v) is 5.71. The fraction of sp³-hybridized carbons (Fsp3) is 0.364. The molecule has 0 amide bonds. The van der Waals surface area contributed by atoms with Crippen LogP contribution in [0, 0.1) is 0 Å². The Morgan fingerprint density at radius 3 is 2.93 bits per heavy atom. The van der Waals surface area contributed by atoms with E-state index in [1.165, 1.54) is 5.69 Å². The summed E-state index contributed by atoms with van der Waals surface area (Å²) in [7, 11) is 2.07. The number of carbonyl (C=O) groups excluding carboxylic acids is 1. The van der Waals surface area contributed by atoms with Crippen molar-refractivity contribution in [2.24, 2.45) is 0 Å². The molecule has 0 aliphatic carbocycles. The summed E-state index contributed by atoms with van der Waals surface area (Å²) in [4.78, 5) is 14.9. The van der Waals surface area contributed by atoms with Crippen LogP contribution in [0.15, 0.2) is 22.7 Å². The summed E-state index contributed by atoms with van der Waals surface area (Å²) in [6, 6.07) is 6.17. The number of carbonyl (C=O) groups is 1. The molecule has 0 N–H and O–H groups in total. The number of anilines is 2. The van der Waals surface area contributed by atoms with E-state index in [1.807, 2.05) is 6.07 Å². The number of rotatable bonds is 2. The highest BCUT2D eigenvalue weighted by Crippen LogP contribution is 2.34. The molecule has 0 saturated carbocycles. The summed E-state index contributed by atoms with van der Waals surface area (Å²) in [6.45, 7) is 2.33. The average Bonchev–Trinajstić information content (AvgIpc) is 2.22. The number of benzene rings is 1. The number of aldehydes is 1. The highest BCUT2D eigenvalue weighted by Gasteiger charge is 2.19. The lowest BCUT2D eigenvalue weighted by atomic mass is 10.2. The van der Waals surface area contributed by atoms with Gasteiger partial charge in [-0.15, -0.1) is 0 Å². The van der Waals surface area contributed by atoms with E-state index >= 15 is 0 Å². The molecule has 4 heteroatoms. The highest BCUT2D eigenvalue weighted by atomic mass is 79.9. The monoisotopic (exact) mass is 268 g/mol. The summed E-state index contributed by atoms with van der Waals surface area (Å²) in [6.07, 6.45) is 0.954. The van der Waals surface area contributed by atoms with E-state index in [9.17, 15) is 4.79 Å².